The van der Waals surface area contributed by atoms with Crippen molar-refractivity contribution in [3.63, 3.8) is 0 Å². The molecule has 0 saturated heterocycles. The standard InChI is InChI=1S/C12H26N2O2/c1-6-10(7-2)11(14(4)5)9-13-12(15)16-8-3/h10-11H,6-9H2,1-5H3,(H,13,15). The van der Waals surface area contributed by atoms with Crippen molar-refractivity contribution in [3.8, 4) is 0 Å². The Morgan fingerprint density at radius 3 is 2.19 bits per heavy atom. The van der Waals surface area contributed by atoms with Gasteiger partial charge in [-0.2, -0.15) is 0 Å². The number of carbonyl (C=O) groups excluding carboxylic acids is 1. The number of hydrogen-bond donors (Lipinski definition) is 1. The molecule has 0 fully saturated rings. The van der Waals surface area contributed by atoms with Crippen LogP contribution >= 0.6 is 0 Å². The van der Waals surface area contributed by atoms with Crippen molar-refractivity contribution in [1.29, 1.82) is 0 Å². The molecule has 1 amide bonds. The molecule has 0 rings (SSSR count). The molecule has 0 bridgehead atoms. The number of hydrogen-bond acceptors (Lipinski definition) is 3. The molecule has 96 valence electrons. The van der Waals surface area contributed by atoms with E-state index in [0.717, 1.165) is 12.8 Å². The van der Waals surface area contributed by atoms with Gasteiger partial charge in [-0.3, -0.25) is 0 Å². The van der Waals surface area contributed by atoms with Crippen molar-refractivity contribution in [2.24, 2.45) is 5.92 Å². The van der Waals surface area contributed by atoms with Crippen LogP contribution in [0.25, 0.3) is 0 Å². The Labute approximate surface area is 99.3 Å². The van der Waals surface area contributed by atoms with Gasteiger partial charge < -0.3 is 15.0 Å². The summed E-state index contributed by atoms with van der Waals surface area (Å²) >= 11 is 0. The van der Waals surface area contributed by atoms with E-state index in [1.807, 2.05) is 6.92 Å². The van der Waals surface area contributed by atoms with E-state index in [9.17, 15) is 4.79 Å². The van der Waals surface area contributed by atoms with Gasteiger partial charge in [0.05, 0.1) is 6.61 Å². The first-order chi connectivity index (χ1) is 7.56. The van der Waals surface area contributed by atoms with Gasteiger partial charge in [0.15, 0.2) is 0 Å². The molecule has 1 atom stereocenters. The second-order valence-corrected chi connectivity index (χ2v) is 4.21. The van der Waals surface area contributed by atoms with Crippen LogP contribution in [0.5, 0.6) is 0 Å². The van der Waals surface area contributed by atoms with Crippen molar-refractivity contribution >= 4 is 6.09 Å². The predicted octanol–water partition coefficient (Wildman–Crippen LogP) is 2.10. The van der Waals surface area contributed by atoms with Crippen molar-refractivity contribution in [2.75, 3.05) is 27.2 Å². The van der Waals surface area contributed by atoms with E-state index in [1.165, 1.54) is 0 Å². The Morgan fingerprint density at radius 2 is 1.81 bits per heavy atom. The molecule has 0 aromatic carbocycles. The molecule has 0 heterocycles. The lowest BCUT2D eigenvalue weighted by Gasteiger charge is -2.31. The lowest BCUT2D eigenvalue weighted by molar-refractivity contribution is 0.141. The maximum absolute atomic E-state index is 11.2. The largest absolute Gasteiger partial charge is 0.450 e. The number of rotatable bonds is 7. The lowest BCUT2D eigenvalue weighted by atomic mass is 9.93. The van der Waals surface area contributed by atoms with E-state index in [-0.39, 0.29) is 6.09 Å². The van der Waals surface area contributed by atoms with E-state index < -0.39 is 0 Å². The Hall–Kier alpha value is -0.770. The highest BCUT2D eigenvalue weighted by Gasteiger charge is 2.21. The van der Waals surface area contributed by atoms with Gasteiger partial charge in [-0.15, -0.1) is 0 Å². The van der Waals surface area contributed by atoms with Crippen LogP contribution in [0.15, 0.2) is 0 Å². The summed E-state index contributed by atoms with van der Waals surface area (Å²) in [6.45, 7) is 7.26. The smallest absolute Gasteiger partial charge is 0.407 e. The van der Waals surface area contributed by atoms with Gasteiger partial charge in [-0.1, -0.05) is 26.7 Å². The van der Waals surface area contributed by atoms with Gasteiger partial charge >= 0.3 is 6.09 Å². The van der Waals surface area contributed by atoms with Crippen molar-refractivity contribution < 1.29 is 9.53 Å². The average molecular weight is 230 g/mol. The van der Waals surface area contributed by atoms with Crippen LogP contribution in [0, 0.1) is 5.92 Å². The number of nitrogens with zero attached hydrogens (tertiary/aromatic N) is 1. The Morgan fingerprint density at radius 1 is 1.25 bits per heavy atom. The van der Waals surface area contributed by atoms with Crippen LogP contribution in [0.3, 0.4) is 0 Å². The van der Waals surface area contributed by atoms with E-state index in [4.69, 9.17) is 4.74 Å². The fourth-order valence-electron chi connectivity index (χ4n) is 1.97. The summed E-state index contributed by atoms with van der Waals surface area (Å²) in [7, 11) is 4.10. The van der Waals surface area contributed by atoms with Crippen molar-refractivity contribution in [1.82, 2.24) is 10.2 Å². The maximum Gasteiger partial charge on any atom is 0.407 e. The molecular formula is C12H26N2O2. The highest BCUT2D eigenvalue weighted by molar-refractivity contribution is 5.67. The first-order valence-electron chi connectivity index (χ1n) is 6.13. The highest BCUT2D eigenvalue weighted by atomic mass is 16.5. The van der Waals surface area contributed by atoms with Gasteiger partial charge in [0.2, 0.25) is 0 Å². The topological polar surface area (TPSA) is 41.6 Å². The van der Waals surface area contributed by atoms with Crippen molar-refractivity contribution in [2.45, 2.75) is 39.7 Å². The molecule has 16 heavy (non-hydrogen) atoms. The zero-order valence-electron chi connectivity index (χ0n) is 11.2. The third kappa shape index (κ3) is 5.35. The second kappa shape index (κ2) is 8.39. The summed E-state index contributed by atoms with van der Waals surface area (Å²) in [5.74, 6) is 0.608. The molecule has 0 spiro atoms. The van der Waals surface area contributed by atoms with Gasteiger partial charge in [0.1, 0.15) is 0 Å². The summed E-state index contributed by atoms with van der Waals surface area (Å²) in [5.41, 5.74) is 0. The Kier molecular flexibility index (Phi) is 7.99. The summed E-state index contributed by atoms with van der Waals surface area (Å²) in [4.78, 5) is 13.4. The van der Waals surface area contributed by atoms with Gasteiger partial charge in [0, 0.05) is 12.6 Å². The predicted molar refractivity (Wildman–Crippen MR) is 66.6 cm³/mol. The van der Waals surface area contributed by atoms with Crippen LogP contribution in [-0.4, -0.2) is 44.3 Å². The molecule has 0 aliphatic rings. The van der Waals surface area contributed by atoms with Crippen molar-refractivity contribution in [3.05, 3.63) is 0 Å². The zero-order chi connectivity index (χ0) is 12.6. The van der Waals surface area contributed by atoms with Crippen LogP contribution in [0.2, 0.25) is 0 Å². The number of ether oxygens (including phenoxy) is 1. The SMILES string of the molecule is CCOC(=O)NCC(C(CC)CC)N(C)C. The average Bonchev–Trinajstić information content (AvgIpc) is 2.24. The fourth-order valence-corrected chi connectivity index (χ4v) is 1.97. The number of amides is 1. The Balaban J connectivity index is 4.18. The minimum atomic E-state index is -0.319. The van der Waals surface area contributed by atoms with Crippen LogP contribution in [-0.2, 0) is 4.74 Å². The van der Waals surface area contributed by atoms with Gasteiger partial charge in [0.25, 0.3) is 0 Å². The third-order valence-corrected chi connectivity index (χ3v) is 2.99. The van der Waals surface area contributed by atoms with E-state index in [2.05, 4.69) is 38.2 Å². The molecule has 0 aromatic heterocycles. The third-order valence-electron chi connectivity index (χ3n) is 2.99. The molecule has 0 radical (unpaired) electrons. The minimum absolute atomic E-state index is 0.319. The number of carbonyl (C=O) groups is 1. The van der Waals surface area contributed by atoms with Crippen LogP contribution in [0.4, 0.5) is 4.79 Å². The fraction of sp³-hybridized carbons (Fsp3) is 0.917. The van der Waals surface area contributed by atoms with Crippen LogP contribution in [0.1, 0.15) is 33.6 Å². The molecule has 0 aromatic rings. The number of likely N-dealkylation sites (N-methyl/N-ethyl adjacent to an activating group) is 1. The minimum Gasteiger partial charge on any atom is -0.450 e. The quantitative estimate of drug-likeness (QED) is 0.728. The second-order valence-electron chi connectivity index (χ2n) is 4.21. The summed E-state index contributed by atoms with van der Waals surface area (Å²) in [6, 6.07) is 0.374. The van der Waals surface area contributed by atoms with Crippen LogP contribution < -0.4 is 5.32 Å². The van der Waals surface area contributed by atoms with Gasteiger partial charge in [-0.05, 0) is 26.9 Å². The van der Waals surface area contributed by atoms with E-state index >= 15 is 0 Å². The Bertz CT molecular complexity index is 191. The summed E-state index contributed by atoms with van der Waals surface area (Å²) in [6.07, 6.45) is 1.94. The molecule has 0 saturated carbocycles. The summed E-state index contributed by atoms with van der Waals surface area (Å²) in [5, 5.41) is 2.81. The molecular weight excluding hydrogens is 204 g/mol. The van der Waals surface area contributed by atoms with Gasteiger partial charge in [-0.25, -0.2) is 4.79 Å². The normalized spacial score (nSPS) is 12.9. The molecule has 0 aliphatic carbocycles. The first kappa shape index (κ1) is 15.2. The molecule has 1 unspecified atom stereocenters. The molecule has 4 heteroatoms. The van der Waals surface area contributed by atoms with E-state index in [1.54, 1.807) is 0 Å². The van der Waals surface area contributed by atoms with E-state index in [0.29, 0.717) is 25.1 Å². The zero-order valence-corrected chi connectivity index (χ0v) is 11.2. The lowest BCUT2D eigenvalue weighted by Crippen LogP contribution is -2.44. The maximum atomic E-state index is 11.2. The monoisotopic (exact) mass is 230 g/mol. The molecule has 4 nitrogen and oxygen atoms in total. The first-order valence-corrected chi connectivity index (χ1v) is 6.13. The number of nitrogens with one attached hydrogen (secondary N) is 1. The highest BCUT2D eigenvalue weighted by Crippen LogP contribution is 2.16. The summed E-state index contributed by atoms with van der Waals surface area (Å²) < 4.78 is 4.85. The molecule has 1 N–H and O–H groups in total. The number of alkyl carbamates (subject to hydrolysis) is 1. The molecule has 0 aliphatic heterocycles.